The van der Waals surface area contributed by atoms with Gasteiger partial charge in [0.15, 0.2) is 5.11 Å². The van der Waals surface area contributed by atoms with Crippen LogP contribution in [0.3, 0.4) is 0 Å². The summed E-state index contributed by atoms with van der Waals surface area (Å²) in [5, 5.41) is 4.68. The van der Waals surface area contributed by atoms with E-state index in [1.807, 2.05) is 42.6 Å². The first-order valence-corrected chi connectivity index (χ1v) is 12.8. The third kappa shape index (κ3) is 4.33. The number of methoxy groups -OCH3 is 1. The number of thiocarbonyl (C=S) groups is 1. The Morgan fingerprint density at radius 2 is 1.77 bits per heavy atom. The van der Waals surface area contributed by atoms with E-state index in [-0.39, 0.29) is 12.1 Å². The monoisotopic (exact) mass is 566 g/mol. The summed E-state index contributed by atoms with van der Waals surface area (Å²) < 4.78 is 8.70. The second-order valence-electron chi connectivity index (χ2n) is 8.45. The molecule has 4 aromatic rings. The highest BCUT2D eigenvalue weighted by Gasteiger charge is 2.42. The average molecular weight is 568 g/mol. The first kappa shape index (κ1) is 23.9. The number of hydrogen-bond donors (Lipinski definition) is 1. The van der Waals surface area contributed by atoms with Crippen molar-refractivity contribution in [2.45, 2.75) is 25.9 Å². The average Bonchev–Trinajstić information content (AvgIpc) is 3.35. The van der Waals surface area contributed by atoms with E-state index in [0.717, 1.165) is 32.9 Å². The molecule has 3 heterocycles. The summed E-state index contributed by atoms with van der Waals surface area (Å²) in [4.78, 5) is 6.80. The molecule has 1 N–H and O–H groups in total. The van der Waals surface area contributed by atoms with Crippen LogP contribution in [0.25, 0.3) is 5.69 Å². The molecule has 0 radical (unpaired) electrons. The van der Waals surface area contributed by atoms with E-state index in [1.54, 1.807) is 7.11 Å². The van der Waals surface area contributed by atoms with Gasteiger partial charge < -0.3 is 19.5 Å². The third-order valence-corrected chi connectivity index (χ3v) is 7.52. The van der Waals surface area contributed by atoms with Gasteiger partial charge >= 0.3 is 0 Å². The largest absolute Gasteiger partial charge is 0.495 e. The van der Waals surface area contributed by atoms with E-state index >= 15 is 0 Å². The van der Waals surface area contributed by atoms with Crippen LogP contribution in [-0.4, -0.2) is 21.8 Å². The minimum Gasteiger partial charge on any atom is -0.495 e. The molecule has 0 unspecified atom stereocenters. The zero-order valence-corrected chi connectivity index (χ0v) is 22.7. The number of rotatable bonds is 5. The summed E-state index contributed by atoms with van der Waals surface area (Å²) >= 11 is 15.9. The second-order valence-corrected chi connectivity index (χ2v) is 10.2. The normalized spacial score (nSPS) is 17.5. The van der Waals surface area contributed by atoms with Crippen LogP contribution in [0.2, 0.25) is 5.02 Å². The van der Waals surface area contributed by atoms with Crippen LogP contribution in [-0.2, 0) is 0 Å². The SMILES string of the molecule is COc1ccc(N2C(=S)N[C@@H](c3ccccn3)[C@@H]2c2cc(C)n(-c3ccc(Br)cc3)c2C)cc1Cl. The summed E-state index contributed by atoms with van der Waals surface area (Å²) in [7, 11) is 1.61. The first-order valence-electron chi connectivity index (χ1n) is 11.2. The predicted octanol–water partition coefficient (Wildman–Crippen LogP) is 7.09. The summed E-state index contributed by atoms with van der Waals surface area (Å²) in [5.41, 5.74) is 6.38. The van der Waals surface area contributed by atoms with Crippen LogP contribution >= 0.6 is 39.7 Å². The van der Waals surface area contributed by atoms with Crippen molar-refractivity contribution < 1.29 is 4.74 Å². The van der Waals surface area contributed by atoms with Crippen LogP contribution in [0, 0.1) is 13.8 Å². The number of anilines is 1. The molecule has 0 bridgehead atoms. The van der Waals surface area contributed by atoms with E-state index in [2.05, 4.69) is 79.9 Å². The molecule has 2 aromatic carbocycles. The summed E-state index contributed by atoms with van der Waals surface area (Å²) in [6, 6.07) is 22.0. The van der Waals surface area contributed by atoms with Crippen LogP contribution in [0.5, 0.6) is 5.75 Å². The Balaban J connectivity index is 1.67. The molecule has 5 rings (SSSR count). The van der Waals surface area contributed by atoms with Crippen molar-refractivity contribution >= 4 is 50.5 Å². The van der Waals surface area contributed by atoms with E-state index in [1.165, 1.54) is 5.56 Å². The number of nitrogens with zero attached hydrogens (tertiary/aromatic N) is 3. The maximum absolute atomic E-state index is 6.52. The molecule has 0 aliphatic carbocycles. The third-order valence-electron chi connectivity index (χ3n) is 6.39. The number of pyridine rings is 1. The first-order chi connectivity index (χ1) is 16.9. The Morgan fingerprint density at radius 1 is 1.03 bits per heavy atom. The number of hydrogen-bond acceptors (Lipinski definition) is 3. The fraction of sp³-hybridized carbons (Fsp3) is 0.185. The molecule has 1 fully saturated rings. The van der Waals surface area contributed by atoms with Crippen LogP contribution in [0.4, 0.5) is 5.69 Å². The predicted molar refractivity (Wildman–Crippen MR) is 149 cm³/mol. The summed E-state index contributed by atoms with van der Waals surface area (Å²) in [6.07, 6.45) is 1.81. The number of aromatic nitrogens is 2. The zero-order valence-electron chi connectivity index (χ0n) is 19.5. The Morgan fingerprint density at radius 3 is 2.43 bits per heavy atom. The minimum absolute atomic E-state index is 0.128. The number of halogens is 2. The number of ether oxygens (including phenoxy) is 1. The molecule has 178 valence electrons. The summed E-state index contributed by atoms with van der Waals surface area (Å²) in [5.74, 6) is 0.625. The van der Waals surface area contributed by atoms with Gasteiger partial charge in [-0.3, -0.25) is 4.98 Å². The topological polar surface area (TPSA) is 42.3 Å². The molecule has 0 saturated carbocycles. The lowest BCUT2D eigenvalue weighted by Crippen LogP contribution is -2.29. The van der Waals surface area contributed by atoms with Gasteiger partial charge in [-0.05, 0) is 92.3 Å². The maximum Gasteiger partial charge on any atom is 0.174 e. The highest BCUT2D eigenvalue weighted by molar-refractivity contribution is 9.10. The van der Waals surface area contributed by atoms with E-state index in [9.17, 15) is 0 Å². The van der Waals surface area contributed by atoms with Gasteiger partial charge in [-0.1, -0.05) is 33.6 Å². The molecule has 1 saturated heterocycles. The van der Waals surface area contributed by atoms with Crippen molar-refractivity contribution in [3.63, 3.8) is 0 Å². The Kier molecular flexibility index (Phi) is 6.57. The van der Waals surface area contributed by atoms with Gasteiger partial charge in [0.1, 0.15) is 5.75 Å². The minimum atomic E-state index is -0.136. The molecule has 35 heavy (non-hydrogen) atoms. The van der Waals surface area contributed by atoms with Gasteiger partial charge in [0.2, 0.25) is 0 Å². The van der Waals surface area contributed by atoms with Gasteiger partial charge in [0.05, 0.1) is 29.9 Å². The maximum atomic E-state index is 6.52. The van der Waals surface area contributed by atoms with Gasteiger partial charge in [0.25, 0.3) is 0 Å². The van der Waals surface area contributed by atoms with Crippen LogP contribution in [0.1, 0.15) is 34.7 Å². The molecule has 1 aliphatic heterocycles. The van der Waals surface area contributed by atoms with Gasteiger partial charge in [-0.15, -0.1) is 0 Å². The van der Waals surface area contributed by atoms with Crippen molar-refractivity contribution in [3.8, 4) is 11.4 Å². The lowest BCUT2D eigenvalue weighted by atomic mass is 9.96. The molecular formula is C27H24BrClN4OS. The van der Waals surface area contributed by atoms with Gasteiger partial charge in [-0.25, -0.2) is 0 Å². The zero-order chi connectivity index (χ0) is 24.7. The highest BCUT2D eigenvalue weighted by Crippen LogP contribution is 2.45. The van der Waals surface area contributed by atoms with Crippen molar-refractivity contribution in [1.29, 1.82) is 0 Å². The Bertz CT molecular complexity index is 1390. The lowest BCUT2D eigenvalue weighted by Gasteiger charge is -2.28. The molecule has 5 nitrogen and oxygen atoms in total. The van der Waals surface area contributed by atoms with Crippen LogP contribution < -0.4 is 15.0 Å². The molecule has 1 aliphatic rings. The van der Waals surface area contributed by atoms with Crippen molar-refractivity contribution in [3.05, 3.63) is 105 Å². The molecule has 2 aromatic heterocycles. The number of aryl methyl sites for hydroxylation is 1. The number of benzene rings is 2. The van der Waals surface area contributed by atoms with Crippen molar-refractivity contribution in [2.75, 3.05) is 12.0 Å². The number of nitrogens with one attached hydrogen (secondary N) is 1. The fourth-order valence-corrected chi connectivity index (χ4v) is 5.69. The van der Waals surface area contributed by atoms with Crippen molar-refractivity contribution in [1.82, 2.24) is 14.9 Å². The molecule has 2 atom stereocenters. The van der Waals surface area contributed by atoms with Gasteiger partial charge in [0, 0.05) is 33.4 Å². The fourth-order valence-electron chi connectivity index (χ4n) is 4.83. The standard InChI is InChI=1S/C27H24BrClN4OS/c1-16-14-21(17(2)32(16)19-9-7-18(28)8-10-19)26-25(23-6-4-5-13-30-23)31-27(35)33(26)20-11-12-24(34-3)22(29)15-20/h4-15,25-26H,1-3H3,(H,31,35)/t25-,26-/m0/s1. The molecular weight excluding hydrogens is 544 g/mol. The Labute approximate surface area is 223 Å². The summed E-state index contributed by atoms with van der Waals surface area (Å²) in [6.45, 7) is 4.28. The van der Waals surface area contributed by atoms with E-state index in [4.69, 9.17) is 28.6 Å². The molecule has 0 spiro atoms. The Hall–Kier alpha value is -2.87. The molecule has 8 heteroatoms. The highest BCUT2D eigenvalue weighted by atomic mass is 79.9. The van der Waals surface area contributed by atoms with E-state index in [0.29, 0.717) is 15.9 Å². The lowest BCUT2D eigenvalue weighted by molar-refractivity contribution is 0.415. The molecule has 0 amide bonds. The second kappa shape index (κ2) is 9.64. The van der Waals surface area contributed by atoms with Crippen molar-refractivity contribution in [2.24, 2.45) is 0 Å². The smallest absolute Gasteiger partial charge is 0.174 e. The van der Waals surface area contributed by atoms with E-state index < -0.39 is 0 Å². The van der Waals surface area contributed by atoms with Crippen LogP contribution in [0.15, 0.2) is 77.4 Å². The van der Waals surface area contributed by atoms with Gasteiger partial charge in [-0.2, -0.15) is 0 Å². The quantitative estimate of drug-likeness (QED) is 0.261.